The number of nitrogens with one attached hydrogen (secondary N) is 1. The fraction of sp³-hybridized carbons (Fsp3) is 0.909. The molecule has 3 atom stereocenters. The summed E-state index contributed by atoms with van der Waals surface area (Å²) < 4.78 is 5.36. The molecule has 0 aromatic rings. The molecule has 0 aromatic carbocycles. The maximum absolute atomic E-state index is 12.2. The number of amides is 1. The first-order valence-corrected chi connectivity index (χ1v) is 6.00. The number of carbonyl (C=O) groups excluding carboxylic acids is 1. The van der Waals surface area contributed by atoms with Gasteiger partial charge in [0.1, 0.15) is 0 Å². The van der Waals surface area contributed by atoms with Crippen LogP contribution in [0.4, 0.5) is 0 Å². The molecule has 0 bridgehead atoms. The van der Waals surface area contributed by atoms with Gasteiger partial charge in [0, 0.05) is 19.1 Å². The molecule has 0 saturated carbocycles. The molecule has 2 aliphatic rings. The van der Waals surface area contributed by atoms with E-state index in [1.165, 1.54) is 0 Å². The zero-order chi connectivity index (χ0) is 11.5. The Morgan fingerprint density at radius 1 is 1.56 bits per heavy atom. The zero-order valence-electron chi connectivity index (χ0n) is 9.69. The van der Waals surface area contributed by atoms with E-state index in [1.54, 1.807) is 4.90 Å². The molecule has 5 heteroatoms. The van der Waals surface area contributed by atoms with Gasteiger partial charge in [0.2, 0.25) is 5.91 Å². The van der Waals surface area contributed by atoms with Crippen LogP contribution in [-0.2, 0) is 9.53 Å². The third kappa shape index (κ3) is 2.36. The molecule has 2 heterocycles. The highest BCUT2D eigenvalue weighted by molar-refractivity contribution is 5.80. The van der Waals surface area contributed by atoms with Crippen LogP contribution < -0.4 is 5.32 Å². The lowest BCUT2D eigenvalue weighted by Crippen LogP contribution is -2.45. The number of β-amino-alcohol motifs (C(OH)–C–C–N with tert-alkyl or cyclic N) is 1. The second kappa shape index (κ2) is 5.12. The van der Waals surface area contributed by atoms with Crippen molar-refractivity contribution in [3.63, 3.8) is 0 Å². The van der Waals surface area contributed by atoms with Gasteiger partial charge in [-0.1, -0.05) is 6.92 Å². The zero-order valence-corrected chi connectivity index (χ0v) is 9.69. The van der Waals surface area contributed by atoms with Gasteiger partial charge in [-0.05, 0) is 13.0 Å². The van der Waals surface area contributed by atoms with Crippen molar-refractivity contribution in [2.75, 3.05) is 32.8 Å². The van der Waals surface area contributed by atoms with Crippen LogP contribution in [0.5, 0.6) is 0 Å². The molecule has 2 rings (SSSR count). The highest BCUT2D eigenvalue weighted by Gasteiger charge is 2.37. The molecule has 3 unspecified atom stereocenters. The minimum Gasteiger partial charge on any atom is -0.391 e. The number of ether oxygens (including phenoxy) is 1. The molecule has 1 amide bonds. The second-order valence-electron chi connectivity index (χ2n) is 4.53. The first kappa shape index (κ1) is 11.8. The molecule has 2 aliphatic heterocycles. The summed E-state index contributed by atoms with van der Waals surface area (Å²) in [6.07, 6.45) is 0.356. The monoisotopic (exact) mass is 228 g/mol. The Labute approximate surface area is 95.8 Å². The van der Waals surface area contributed by atoms with E-state index in [2.05, 4.69) is 5.32 Å². The summed E-state index contributed by atoms with van der Waals surface area (Å²) in [7, 11) is 0. The lowest BCUT2D eigenvalue weighted by molar-refractivity contribution is -0.135. The van der Waals surface area contributed by atoms with Crippen LogP contribution in [0.2, 0.25) is 0 Å². The standard InChI is InChI=1S/C11H20N2O3/c1-2-12-10-7-16-6-9(10)11(15)13-4-3-8(14)5-13/h8-10,12,14H,2-7H2,1H3. The van der Waals surface area contributed by atoms with Gasteiger partial charge in [-0.15, -0.1) is 0 Å². The van der Waals surface area contributed by atoms with Crippen molar-refractivity contribution < 1.29 is 14.6 Å². The van der Waals surface area contributed by atoms with E-state index < -0.39 is 0 Å². The fourth-order valence-electron chi connectivity index (χ4n) is 2.44. The number of likely N-dealkylation sites (N-methyl/N-ethyl adjacent to an activating group) is 1. The Balaban J connectivity index is 1.93. The van der Waals surface area contributed by atoms with Gasteiger partial charge < -0.3 is 20.1 Å². The minimum atomic E-state index is -0.344. The van der Waals surface area contributed by atoms with E-state index >= 15 is 0 Å². The lowest BCUT2D eigenvalue weighted by atomic mass is 10.0. The largest absolute Gasteiger partial charge is 0.391 e. The topological polar surface area (TPSA) is 61.8 Å². The average Bonchev–Trinajstić information content (AvgIpc) is 2.87. The summed E-state index contributed by atoms with van der Waals surface area (Å²) in [6, 6.07) is 0.134. The number of aliphatic hydroxyl groups is 1. The number of likely N-dealkylation sites (tertiary alicyclic amines) is 1. The van der Waals surface area contributed by atoms with Crippen LogP contribution >= 0.6 is 0 Å². The van der Waals surface area contributed by atoms with Gasteiger partial charge in [0.15, 0.2) is 0 Å². The third-order valence-electron chi connectivity index (χ3n) is 3.34. The van der Waals surface area contributed by atoms with Crippen molar-refractivity contribution in [2.45, 2.75) is 25.5 Å². The van der Waals surface area contributed by atoms with Gasteiger partial charge in [0.05, 0.1) is 25.2 Å². The van der Waals surface area contributed by atoms with Gasteiger partial charge >= 0.3 is 0 Å². The van der Waals surface area contributed by atoms with Crippen molar-refractivity contribution in [3.8, 4) is 0 Å². The highest BCUT2D eigenvalue weighted by atomic mass is 16.5. The number of rotatable bonds is 3. The Bertz CT molecular complexity index is 260. The van der Waals surface area contributed by atoms with E-state index in [4.69, 9.17) is 4.74 Å². The van der Waals surface area contributed by atoms with Crippen LogP contribution in [0.25, 0.3) is 0 Å². The molecule has 2 saturated heterocycles. The molecule has 0 aromatic heterocycles. The average molecular weight is 228 g/mol. The lowest BCUT2D eigenvalue weighted by Gasteiger charge is -2.23. The smallest absolute Gasteiger partial charge is 0.229 e. The minimum absolute atomic E-state index is 0.0785. The van der Waals surface area contributed by atoms with Gasteiger partial charge in [-0.25, -0.2) is 0 Å². The molecule has 5 nitrogen and oxygen atoms in total. The van der Waals surface area contributed by atoms with Crippen molar-refractivity contribution >= 4 is 5.91 Å². The normalized spacial score (nSPS) is 34.6. The predicted octanol–water partition coefficient (Wildman–Crippen LogP) is -0.796. The first-order valence-electron chi connectivity index (χ1n) is 6.00. The van der Waals surface area contributed by atoms with Crippen molar-refractivity contribution in [1.82, 2.24) is 10.2 Å². The van der Waals surface area contributed by atoms with E-state index in [9.17, 15) is 9.90 Å². The maximum Gasteiger partial charge on any atom is 0.229 e. The van der Waals surface area contributed by atoms with E-state index in [0.29, 0.717) is 32.7 Å². The fourth-order valence-corrected chi connectivity index (χ4v) is 2.44. The maximum atomic E-state index is 12.2. The summed E-state index contributed by atoms with van der Waals surface area (Å²) in [5.41, 5.74) is 0. The molecule has 2 fully saturated rings. The summed E-state index contributed by atoms with van der Waals surface area (Å²) in [5.74, 6) is 0.0465. The van der Waals surface area contributed by atoms with E-state index in [0.717, 1.165) is 6.54 Å². The third-order valence-corrected chi connectivity index (χ3v) is 3.34. The molecular formula is C11H20N2O3. The second-order valence-corrected chi connectivity index (χ2v) is 4.53. The SMILES string of the molecule is CCNC1COCC1C(=O)N1CCC(O)C1. The number of hydrogen-bond donors (Lipinski definition) is 2. The Morgan fingerprint density at radius 3 is 3.00 bits per heavy atom. The first-order chi connectivity index (χ1) is 7.72. The van der Waals surface area contributed by atoms with E-state index in [-0.39, 0.29) is 24.0 Å². The molecule has 0 radical (unpaired) electrons. The van der Waals surface area contributed by atoms with Crippen LogP contribution in [0.15, 0.2) is 0 Å². The number of carbonyl (C=O) groups is 1. The summed E-state index contributed by atoms with van der Waals surface area (Å²) in [6.45, 7) is 5.15. The molecule has 92 valence electrons. The van der Waals surface area contributed by atoms with Crippen LogP contribution in [-0.4, -0.2) is 60.9 Å². The summed E-state index contributed by atoms with van der Waals surface area (Å²) in [5, 5.41) is 12.7. The Hall–Kier alpha value is -0.650. The van der Waals surface area contributed by atoms with Crippen LogP contribution in [0, 0.1) is 5.92 Å². The number of hydrogen-bond acceptors (Lipinski definition) is 4. The Morgan fingerprint density at radius 2 is 2.38 bits per heavy atom. The molecular weight excluding hydrogens is 208 g/mol. The number of aliphatic hydroxyl groups excluding tert-OH is 1. The number of nitrogens with zero attached hydrogens (tertiary/aromatic N) is 1. The molecule has 0 spiro atoms. The molecule has 2 N–H and O–H groups in total. The summed E-state index contributed by atoms with van der Waals surface area (Å²) in [4.78, 5) is 13.9. The highest BCUT2D eigenvalue weighted by Crippen LogP contribution is 2.19. The predicted molar refractivity (Wildman–Crippen MR) is 59.0 cm³/mol. The molecule has 0 aliphatic carbocycles. The van der Waals surface area contributed by atoms with Crippen LogP contribution in [0.1, 0.15) is 13.3 Å². The van der Waals surface area contributed by atoms with Gasteiger partial charge in [-0.3, -0.25) is 4.79 Å². The Kier molecular flexibility index (Phi) is 3.78. The van der Waals surface area contributed by atoms with Gasteiger partial charge in [0.25, 0.3) is 0 Å². The van der Waals surface area contributed by atoms with E-state index in [1.807, 2.05) is 6.92 Å². The van der Waals surface area contributed by atoms with Crippen LogP contribution in [0.3, 0.4) is 0 Å². The van der Waals surface area contributed by atoms with Crippen molar-refractivity contribution in [1.29, 1.82) is 0 Å². The van der Waals surface area contributed by atoms with Crippen molar-refractivity contribution in [3.05, 3.63) is 0 Å². The van der Waals surface area contributed by atoms with Crippen molar-refractivity contribution in [2.24, 2.45) is 5.92 Å². The molecule has 16 heavy (non-hydrogen) atoms. The quantitative estimate of drug-likeness (QED) is 0.664. The summed E-state index contributed by atoms with van der Waals surface area (Å²) >= 11 is 0. The van der Waals surface area contributed by atoms with Gasteiger partial charge in [-0.2, -0.15) is 0 Å².